The van der Waals surface area contributed by atoms with Gasteiger partial charge >= 0.3 is 0 Å². The van der Waals surface area contributed by atoms with Gasteiger partial charge in [-0.25, -0.2) is 4.98 Å². The zero-order valence-electron chi connectivity index (χ0n) is 10.8. The Bertz CT molecular complexity index is 371. The van der Waals surface area contributed by atoms with Crippen molar-refractivity contribution < 1.29 is 4.74 Å². The van der Waals surface area contributed by atoms with Crippen LogP contribution in [0.15, 0.2) is 12.5 Å². The largest absolute Gasteiger partial charge is 0.385 e. The number of ether oxygens (including phenoxy) is 1. The highest BCUT2D eigenvalue weighted by molar-refractivity contribution is 6.20. The molecule has 1 saturated heterocycles. The second kappa shape index (κ2) is 6.41. The first-order valence-electron chi connectivity index (χ1n) is 6.36. The molecule has 2 N–H and O–H groups in total. The van der Waals surface area contributed by atoms with Crippen LogP contribution in [-0.2, 0) is 4.74 Å². The fraction of sp³-hybridized carbons (Fsp3) is 0.750. The van der Waals surface area contributed by atoms with Crippen molar-refractivity contribution >= 4 is 17.4 Å². The fourth-order valence-corrected chi connectivity index (χ4v) is 2.83. The van der Waals surface area contributed by atoms with Crippen molar-refractivity contribution in [2.24, 2.45) is 0 Å². The molecule has 0 aromatic carbocycles. The number of imidazole rings is 1. The van der Waals surface area contributed by atoms with Crippen LogP contribution in [-0.4, -0.2) is 46.8 Å². The molecule has 5 nitrogen and oxygen atoms in total. The molecule has 2 heterocycles. The molecule has 1 aliphatic heterocycles. The van der Waals surface area contributed by atoms with Gasteiger partial charge < -0.3 is 15.0 Å². The van der Waals surface area contributed by atoms with E-state index in [4.69, 9.17) is 22.1 Å². The minimum absolute atomic E-state index is 0.0873. The number of aromatic nitrogens is 2. The number of nitrogens with two attached hydrogens (primary N) is 1. The molecular formula is C12H21ClN4O. The molecule has 0 aliphatic carbocycles. The molecule has 6 heteroatoms. The normalized spacial score (nSPS) is 25.4. The fourth-order valence-electron chi connectivity index (χ4n) is 2.43. The van der Waals surface area contributed by atoms with E-state index in [2.05, 4.69) is 14.5 Å². The number of likely N-dealkylation sites (tertiary alicyclic amines) is 1. The molecular weight excluding hydrogens is 252 g/mol. The number of halogens is 1. The summed E-state index contributed by atoms with van der Waals surface area (Å²) in [6.07, 6.45) is 6.73. The smallest absolute Gasteiger partial charge is 0.141 e. The Balaban J connectivity index is 1.84. The van der Waals surface area contributed by atoms with E-state index in [9.17, 15) is 0 Å². The predicted octanol–water partition coefficient (Wildman–Crippen LogP) is 1.70. The lowest BCUT2D eigenvalue weighted by atomic mass is 10.0. The Kier molecular flexibility index (Phi) is 4.86. The number of hydrogen-bond acceptors (Lipinski definition) is 4. The zero-order chi connectivity index (χ0) is 13.0. The van der Waals surface area contributed by atoms with E-state index < -0.39 is 0 Å². The minimum Gasteiger partial charge on any atom is -0.385 e. The van der Waals surface area contributed by atoms with Crippen molar-refractivity contribution in [3.63, 3.8) is 0 Å². The summed E-state index contributed by atoms with van der Waals surface area (Å²) >= 11 is 6.43. The van der Waals surface area contributed by atoms with Gasteiger partial charge in [0.15, 0.2) is 0 Å². The number of hydrogen-bond donors (Lipinski definition) is 1. The van der Waals surface area contributed by atoms with E-state index in [0.29, 0.717) is 11.9 Å². The SMILES string of the molecule is COCCCN1CCC(n2cnc(N)c2)CC1Cl. The van der Waals surface area contributed by atoms with E-state index in [-0.39, 0.29) is 5.50 Å². The maximum atomic E-state index is 6.43. The van der Waals surface area contributed by atoms with Gasteiger partial charge in [0, 0.05) is 39.0 Å². The predicted molar refractivity (Wildman–Crippen MR) is 72.6 cm³/mol. The first kappa shape index (κ1) is 13.6. The molecule has 102 valence electrons. The lowest BCUT2D eigenvalue weighted by Crippen LogP contribution is -2.40. The van der Waals surface area contributed by atoms with Crippen LogP contribution in [0, 0.1) is 0 Å². The van der Waals surface area contributed by atoms with E-state index in [1.165, 1.54) is 0 Å². The van der Waals surface area contributed by atoms with Crippen LogP contribution >= 0.6 is 11.6 Å². The summed E-state index contributed by atoms with van der Waals surface area (Å²) < 4.78 is 7.15. The molecule has 0 saturated carbocycles. The summed E-state index contributed by atoms with van der Waals surface area (Å²) in [6, 6.07) is 0.413. The van der Waals surface area contributed by atoms with Crippen LogP contribution in [0.5, 0.6) is 0 Å². The first-order valence-corrected chi connectivity index (χ1v) is 6.80. The third-order valence-corrected chi connectivity index (χ3v) is 3.90. The summed E-state index contributed by atoms with van der Waals surface area (Å²) in [5.74, 6) is 0.573. The van der Waals surface area contributed by atoms with Crippen LogP contribution in [0.4, 0.5) is 5.82 Å². The van der Waals surface area contributed by atoms with Gasteiger partial charge in [-0.3, -0.25) is 4.90 Å². The van der Waals surface area contributed by atoms with E-state index in [1.54, 1.807) is 13.4 Å². The number of nitrogens with zero attached hydrogens (tertiary/aromatic N) is 3. The van der Waals surface area contributed by atoms with Crippen LogP contribution in [0.2, 0.25) is 0 Å². The lowest BCUT2D eigenvalue weighted by Gasteiger charge is -2.36. The van der Waals surface area contributed by atoms with E-state index in [1.807, 2.05) is 6.20 Å². The molecule has 1 aliphatic rings. The molecule has 2 unspecified atom stereocenters. The van der Waals surface area contributed by atoms with Gasteiger partial charge in [0.25, 0.3) is 0 Å². The maximum Gasteiger partial charge on any atom is 0.141 e. The van der Waals surface area contributed by atoms with Gasteiger partial charge in [-0.1, -0.05) is 0 Å². The molecule has 1 aromatic heterocycles. The summed E-state index contributed by atoms with van der Waals surface area (Å²) in [7, 11) is 1.73. The number of anilines is 1. The maximum absolute atomic E-state index is 6.43. The van der Waals surface area contributed by atoms with Gasteiger partial charge in [0.05, 0.1) is 11.8 Å². The second-order valence-electron chi connectivity index (χ2n) is 4.74. The van der Waals surface area contributed by atoms with Gasteiger partial charge in [-0.05, 0) is 19.3 Å². The summed E-state index contributed by atoms with van der Waals surface area (Å²) in [5, 5.41) is 0. The Morgan fingerprint density at radius 1 is 1.61 bits per heavy atom. The minimum atomic E-state index is 0.0873. The zero-order valence-corrected chi connectivity index (χ0v) is 11.5. The quantitative estimate of drug-likeness (QED) is 0.504. The van der Waals surface area contributed by atoms with Crippen molar-refractivity contribution in [1.82, 2.24) is 14.5 Å². The average Bonchev–Trinajstić information content (AvgIpc) is 2.78. The highest BCUT2D eigenvalue weighted by Gasteiger charge is 2.27. The van der Waals surface area contributed by atoms with Gasteiger partial charge in [-0.15, -0.1) is 11.6 Å². The molecule has 0 spiro atoms. The second-order valence-corrected chi connectivity index (χ2v) is 5.24. The van der Waals surface area contributed by atoms with Crippen molar-refractivity contribution in [3.05, 3.63) is 12.5 Å². The third kappa shape index (κ3) is 3.37. The highest BCUT2D eigenvalue weighted by atomic mass is 35.5. The molecule has 0 bridgehead atoms. The Labute approximate surface area is 113 Å². The van der Waals surface area contributed by atoms with Gasteiger partial charge in [0.1, 0.15) is 5.82 Å². The number of rotatable bonds is 5. The molecule has 2 atom stereocenters. The molecule has 0 radical (unpaired) electrons. The van der Waals surface area contributed by atoms with Crippen LogP contribution in [0.25, 0.3) is 0 Å². The van der Waals surface area contributed by atoms with Crippen molar-refractivity contribution in [1.29, 1.82) is 0 Å². The molecule has 1 aromatic rings. The van der Waals surface area contributed by atoms with Crippen molar-refractivity contribution in [2.75, 3.05) is 32.5 Å². The number of methoxy groups -OCH3 is 1. The first-order chi connectivity index (χ1) is 8.70. The van der Waals surface area contributed by atoms with Crippen LogP contribution in [0.1, 0.15) is 25.3 Å². The lowest BCUT2D eigenvalue weighted by molar-refractivity contribution is 0.133. The Morgan fingerprint density at radius 2 is 2.44 bits per heavy atom. The summed E-state index contributed by atoms with van der Waals surface area (Å²) in [4.78, 5) is 6.38. The summed E-state index contributed by atoms with van der Waals surface area (Å²) in [6.45, 7) is 2.81. The Morgan fingerprint density at radius 3 is 3.06 bits per heavy atom. The highest BCUT2D eigenvalue weighted by Crippen LogP contribution is 2.29. The molecule has 0 amide bonds. The number of alkyl halides is 1. The van der Waals surface area contributed by atoms with Crippen LogP contribution < -0.4 is 5.73 Å². The van der Waals surface area contributed by atoms with Gasteiger partial charge in [0.2, 0.25) is 0 Å². The third-order valence-electron chi connectivity index (χ3n) is 3.45. The monoisotopic (exact) mass is 272 g/mol. The molecule has 1 fully saturated rings. The Hall–Kier alpha value is -0.780. The summed E-state index contributed by atoms with van der Waals surface area (Å²) in [5.41, 5.74) is 5.73. The average molecular weight is 273 g/mol. The topological polar surface area (TPSA) is 56.3 Å². The van der Waals surface area contributed by atoms with E-state index in [0.717, 1.165) is 39.0 Å². The number of piperidine rings is 1. The molecule has 18 heavy (non-hydrogen) atoms. The molecule has 2 rings (SSSR count). The van der Waals surface area contributed by atoms with E-state index >= 15 is 0 Å². The van der Waals surface area contributed by atoms with Crippen molar-refractivity contribution in [3.8, 4) is 0 Å². The number of nitrogen functional groups attached to an aromatic ring is 1. The van der Waals surface area contributed by atoms with Gasteiger partial charge in [-0.2, -0.15) is 0 Å². The van der Waals surface area contributed by atoms with Crippen LogP contribution in [0.3, 0.4) is 0 Å². The standard InChI is InChI=1S/C12H21ClN4O/c1-18-6-2-4-16-5-3-10(7-11(16)13)17-8-12(14)15-9-17/h8-11H,2-7,14H2,1H3. The van der Waals surface area contributed by atoms with Crippen molar-refractivity contribution in [2.45, 2.75) is 30.8 Å².